The van der Waals surface area contributed by atoms with Crippen molar-refractivity contribution in [1.29, 1.82) is 0 Å². The van der Waals surface area contributed by atoms with Crippen LogP contribution in [0, 0.1) is 17.8 Å². The quantitative estimate of drug-likeness (QED) is 0.397. The van der Waals surface area contributed by atoms with Crippen molar-refractivity contribution in [1.82, 2.24) is 0 Å². The van der Waals surface area contributed by atoms with Gasteiger partial charge < -0.3 is 0 Å². The van der Waals surface area contributed by atoms with E-state index in [1.807, 2.05) is 0 Å². The smallest absolute Gasteiger partial charge is 0.0417 e. The zero-order chi connectivity index (χ0) is 12.4. The van der Waals surface area contributed by atoms with Crippen LogP contribution in [-0.2, 0) is 0 Å². The Labute approximate surface area is 104 Å². The summed E-state index contributed by atoms with van der Waals surface area (Å²) in [5.41, 5.74) is 0. The van der Waals surface area contributed by atoms with E-state index in [1.54, 1.807) is 0 Å². The van der Waals surface area contributed by atoms with Crippen molar-refractivity contribution >= 4 is 0 Å². The Kier molecular flexibility index (Phi) is 10.2. The Morgan fingerprint density at radius 3 is 1.88 bits per heavy atom. The Morgan fingerprint density at radius 2 is 1.31 bits per heavy atom. The first-order valence-electron chi connectivity index (χ1n) is 7.61. The molecule has 0 saturated heterocycles. The lowest BCUT2D eigenvalue weighted by Gasteiger charge is -2.19. The molecule has 0 nitrogen and oxygen atoms in total. The first kappa shape index (κ1) is 16.0. The SMILES string of the molecule is CCCCCC(C)CCCC(C)C(C)CC. The predicted octanol–water partition coefficient (Wildman–Crippen LogP) is 6.06. The molecule has 0 heteroatoms. The van der Waals surface area contributed by atoms with Gasteiger partial charge in [-0.3, -0.25) is 0 Å². The second-order valence-electron chi connectivity index (χ2n) is 5.89. The molecule has 0 aliphatic heterocycles. The summed E-state index contributed by atoms with van der Waals surface area (Å²) in [7, 11) is 0. The Bertz CT molecular complexity index is 139. The van der Waals surface area contributed by atoms with E-state index in [0.717, 1.165) is 17.8 Å². The molecule has 0 aliphatic rings. The molecule has 0 aromatic carbocycles. The Hall–Kier alpha value is 0. The molecular weight excluding hydrogens is 192 g/mol. The minimum absolute atomic E-state index is 0.912. The summed E-state index contributed by atoms with van der Waals surface area (Å²) < 4.78 is 0. The average Bonchev–Trinajstić information content (AvgIpc) is 2.28. The van der Waals surface area contributed by atoms with Crippen LogP contribution in [0.1, 0.15) is 86.0 Å². The Balaban J connectivity index is 3.42. The van der Waals surface area contributed by atoms with Crippen LogP contribution in [0.3, 0.4) is 0 Å². The van der Waals surface area contributed by atoms with Crippen LogP contribution in [0.15, 0.2) is 0 Å². The van der Waals surface area contributed by atoms with Gasteiger partial charge in [0.25, 0.3) is 0 Å². The highest BCUT2D eigenvalue weighted by atomic mass is 14.2. The van der Waals surface area contributed by atoms with E-state index in [-0.39, 0.29) is 0 Å². The van der Waals surface area contributed by atoms with Gasteiger partial charge in [-0.15, -0.1) is 0 Å². The van der Waals surface area contributed by atoms with Crippen LogP contribution < -0.4 is 0 Å². The van der Waals surface area contributed by atoms with Gasteiger partial charge in [0, 0.05) is 0 Å². The number of hydrogen-bond acceptors (Lipinski definition) is 0. The highest BCUT2D eigenvalue weighted by molar-refractivity contribution is 4.62. The summed E-state index contributed by atoms with van der Waals surface area (Å²) in [5, 5.41) is 0. The first-order valence-corrected chi connectivity index (χ1v) is 7.61. The fraction of sp³-hybridized carbons (Fsp3) is 1.00. The van der Waals surface area contributed by atoms with E-state index in [0.29, 0.717) is 0 Å². The van der Waals surface area contributed by atoms with E-state index in [9.17, 15) is 0 Å². The monoisotopic (exact) mass is 226 g/mol. The second kappa shape index (κ2) is 10.2. The fourth-order valence-corrected chi connectivity index (χ4v) is 2.36. The normalized spacial score (nSPS) is 17.1. The molecule has 0 aliphatic carbocycles. The largest absolute Gasteiger partial charge is 0.0654 e. The van der Waals surface area contributed by atoms with Gasteiger partial charge in [-0.1, -0.05) is 86.0 Å². The molecule has 0 aromatic rings. The molecule has 0 amide bonds. The first-order chi connectivity index (χ1) is 7.61. The van der Waals surface area contributed by atoms with Gasteiger partial charge in [-0.25, -0.2) is 0 Å². The summed E-state index contributed by atoms with van der Waals surface area (Å²) in [4.78, 5) is 0. The predicted molar refractivity (Wildman–Crippen MR) is 75.8 cm³/mol. The van der Waals surface area contributed by atoms with Crippen LogP contribution in [0.2, 0.25) is 0 Å². The number of hydrogen-bond donors (Lipinski definition) is 0. The van der Waals surface area contributed by atoms with Crippen LogP contribution >= 0.6 is 0 Å². The second-order valence-corrected chi connectivity index (χ2v) is 5.89. The lowest BCUT2D eigenvalue weighted by Crippen LogP contribution is -2.07. The Morgan fingerprint density at radius 1 is 0.688 bits per heavy atom. The van der Waals surface area contributed by atoms with Crippen molar-refractivity contribution < 1.29 is 0 Å². The summed E-state index contributed by atoms with van der Waals surface area (Å²) in [5.74, 6) is 2.79. The third-order valence-electron chi connectivity index (χ3n) is 4.27. The van der Waals surface area contributed by atoms with Crippen LogP contribution in [0.25, 0.3) is 0 Å². The minimum Gasteiger partial charge on any atom is -0.0654 e. The lowest BCUT2D eigenvalue weighted by molar-refractivity contribution is 0.329. The highest BCUT2D eigenvalue weighted by Crippen LogP contribution is 2.23. The van der Waals surface area contributed by atoms with Gasteiger partial charge in [0.15, 0.2) is 0 Å². The van der Waals surface area contributed by atoms with Crippen LogP contribution in [-0.4, -0.2) is 0 Å². The van der Waals surface area contributed by atoms with Gasteiger partial charge in [0.1, 0.15) is 0 Å². The summed E-state index contributed by atoms with van der Waals surface area (Å²) in [6, 6.07) is 0. The molecule has 0 fully saturated rings. The minimum atomic E-state index is 0.912. The van der Waals surface area contributed by atoms with E-state index in [4.69, 9.17) is 0 Å². The molecule has 3 atom stereocenters. The van der Waals surface area contributed by atoms with E-state index in [2.05, 4.69) is 34.6 Å². The topological polar surface area (TPSA) is 0 Å². The van der Waals surface area contributed by atoms with E-state index >= 15 is 0 Å². The highest BCUT2D eigenvalue weighted by Gasteiger charge is 2.10. The molecule has 0 saturated carbocycles. The molecular formula is C16H34. The van der Waals surface area contributed by atoms with Crippen molar-refractivity contribution in [2.45, 2.75) is 86.0 Å². The third-order valence-corrected chi connectivity index (χ3v) is 4.27. The molecule has 0 aromatic heterocycles. The fourth-order valence-electron chi connectivity index (χ4n) is 2.36. The molecule has 0 bridgehead atoms. The number of rotatable bonds is 10. The van der Waals surface area contributed by atoms with Crippen molar-refractivity contribution in [3.8, 4) is 0 Å². The average molecular weight is 226 g/mol. The lowest BCUT2D eigenvalue weighted by atomic mass is 9.87. The van der Waals surface area contributed by atoms with Crippen molar-refractivity contribution in [2.75, 3.05) is 0 Å². The maximum absolute atomic E-state index is 2.43. The van der Waals surface area contributed by atoms with Gasteiger partial charge in [0.2, 0.25) is 0 Å². The van der Waals surface area contributed by atoms with Gasteiger partial charge >= 0.3 is 0 Å². The summed E-state index contributed by atoms with van der Waals surface area (Å²) in [6.45, 7) is 11.9. The molecule has 0 heterocycles. The van der Waals surface area contributed by atoms with E-state index in [1.165, 1.54) is 51.4 Å². The molecule has 98 valence electrons. The standard InChI is InChI=1S/C16H34/c1-6-8-9-11-14(3)12-10-13-16(5)15(4)7-2/h14-16H,6-13H2,1-5H3. The number of unbranched alkanes of at least 4 members (excludes halogenated alkanes) is 2. The van der Waals surface area contributed by atoms with Crippen LogP contribution in [0.4, 0.5) is 0 Å². The van der Waals surface area contributed by atoms with Crippen molar-refractivity contribution in [3.63, 3.8) is 0 Å². The van der Waals surface area contributed by atoms with Gasteiger partial charge in [-0.2, -0.15) is 0 Å². The molecule has 16 heavy (non-hydrogen) atoms. The molecule has 3 unspecified atom stereocenters. The maximum Gasteiger partial charge on any atom is -0.0417 e. The molecule has 0 spiro atoms. The van der Waals surface area contributed by atoms with Gasteiger partial charge in [-0.05, 0) is 17.8 Å². The molecule has 0 rings (SSSR count). The van der Waals surface area contributed by atoms with E-state index < -0.39 is 0 Å². The maximum atomic E-state index is 2.43. The van der Waals surface area contributed by atoms with Crippen molar-refractivity contribution in [2.24, 2.45) is 17.8 Å². The zero-order valence-electron chi connectivity index (χ0n) is 12.4. The molecule has 0 N–H and O–H groups in total. The zero-order valence-corrected chi connectivity index (χ0v) is 12.4. The molecule has 0 radical (unpaired) electrons. The van der Waals surface area contributed by atoms with Gasteiger partial charge in [0.05, 0.1) is 0 Å². The summed E-state index contributed by atoms with van der Waals surface area (Å²) in [6.07, 6.45) is 11.3. The third kappa shape index (κ3) is 8.19. The van der Waals surface area contributed by atoms with Crippen LogP contribution in [0.5, 0.6) is 0 Å². The van der Waals surface area contributed by atoms with Crippen molar-refractivity contribution in [3.05, 3.63) is 0 Å². The summed E-state index contributed by atoms with van der Waals surface area (Å²) >= 11 is 0.